The van der Waals surface area contributed by atoms with Crippen molar-refractivity contribution in [3.05, 3.63) is 0 Å². The Labute approximate surface area is 117 Å². The number of amides is 1. The van der Waals surface area contributed by atoms with Gasteiger partial charge < -0.3 is 15.0 Å². The summed E-state index contributed by atoms with van der Waals surface area (Å²) in [6.07, 6.45) is 0.915. The van der Waals surface area contributed by atoms with E-state index in [1.165, 1.54) is 0 Å². The molecule has 1 amide bonds. The van der Waals surface area contributed by atoms with Crippen molar-refractivity contribution in [2.75, 3.05) is 19.7 Å². The van der Waals surface area contributed by atoms with Crippen LogP contribution >= 0.6 is 0 Å². The molecule has 0 aromatic heterocycles. The molecule has 4 nitrogen and oxygen atoms in total. The van der Waals surface area contributed by atoms with Gasteiger partial charge in [-0.3, -0.25) is 0 Å². The predicted octanol–water partition coefficient (Wildman–Crippen LogP) is 2.88. The molecule has 0 saturated carbocycles. The monoisotopic (exact) mass is 270 g/mol. The average Bonchev–Trinajstić information content (AvgIpc) is 2.27. The third kappa shape index (κ3) is 5.01. The van der Waals surface area contributed by atoms with Crippen LogP contribution in [0.1, 0.15) is 48.0 Å². The lowest BCUT2D eigenvalue weighted by atomic mass is 9.94. The zero-order valence-electron chi connectivity index (χ0n) is 13.3. The molecule has 1 aliphatic rings. The molecular weight excluding hydrogens is 240 g/mol. The van der Waals surface area contributed by atoms with E-state index < -0.39 is 0 Å². The number of ether oxygens (including phenoxy) is 1. The van der Waals surface area contributed by atoms with Crippen LogP contribution in [-0.4, -0.2) is 42.3 Å². The third-order valence-electron chi connectivity index (χ3n) is 3.47. The zero-order valence-corrected chi connectivity index (χ0v) is 13.3. The summed E-state index contributed by atoms with van der Waals surface area (Å²) in [4.78, 5) is 14.1. The van der Waals surface area contributed by atoms with E-state index in [9.17, 15) is 4.79 Å². The van der Waals surface area contributed by atoms with Gasteiger partial charge in [0, 0.05) is 19.1 Å². The average molecular weight is 270 g/mol. The van der Waals surface area contributed by atoms with E-state index >= 15 is 0 Å². The maximum atomic E-state index is 12.2. The van der Waals surface area contributed by atoms with Crippen LogP contribution in [0.3, 0.4) is 0 Å². The molecule has 1 fully saturated rings. The fourth-order valence-corrected chi connectivity index (χ4v) is 2.39. The Bertz CT molecular complexity index is 301. The van der Waals surface area contributed by atoms with Gasteiger partial charge in [0.1, 0.15) is 0 Å². The Kier molecular flexibility index (Phi) is 5.65. The second kappa shape index (κ2) is 6.60. The molecule has 1 aliphatic heterocycles. The van der Waals surface area contributed by atoms with E-state index in [-0.39, 0.29) is 11.6 Å². The summed E-state index contributed by atoms with van der Waals surface area (Å²) in [5.41, 5.74) is -0.179. The minimum absolute atomic E-state index is 0.172. The van der Waals surface area contributed by atoms with Crippen LogP contribution in [0.15, 0.2) is 0 Å². The highest BCUT2D eigenvalue weighted by Gasteiger charge is 2.38. The Morgan fingerprint density at radius 3 is 2.47 bits per heavy atom. The lowest BCUT2D eigenvalue weighted by Gasteiger charge is -2.45. The number of carbonyl (C=O) groups is 1. The predicted molar refractivity (Wildman–Crippen MR) is 78.2 cm³/mol. The maximum Gasteiger partial charge on any atom is 0.410 e. The number of carbonyl (C=O) groups excluding carboxylic acids is 1. The molecule has 0 bridgehead atoms. The van der Waals surface area contributed by atoms with Gasteiger partial charge in [-0.15, -0.1) is 0 Å². The molecule has 0 aromatic carbocycles. The van der Waals surface area contributed by atoms with E-state index in [1.807, 2.05) is 4.90 Å². The Balaban J connectivity index is 2.62. The first kappa shape index (κ1) is 16.3. The second-order valence-corrected chi connectivity index (χ2v) is 7.10. The summed E-state index contributed by atoms with van der Waals surface area (Å²) in [5, 5.41) is 3.54. The lowest BCUT2D eigenvalue weighted by Crippen LogP contribution is -2.63. The van der Waals surface area contributed by atoms with Crippen LogP contribution < -0.4 is 5.32 Å². The number of nitrogens with zero attached hydrogens (tertiary/aromatic N) is 1. The van der Waals surface area contributed by atoms with Crippen LogP contribution in [0.2, 0.25) is 0 Å². The van der Waals surface area contributed by atoms with Crippen molar-refractivity contribution in [3.63, 3.8) is 0 Å². The van der Waals surface area contributed by atoms with Gasteiger partial charge in [0.25, 0.3) is 0 Å². The summed E-state index contributed by atoms with van der Waals surface area (Å²) < 4.78 is 5.39. The first-order chi connectivity index (χ1) is 8.72. The van der Waals surface area contributed by atoms with Crippen LogP contribution in [0.5, 0.6) is 0 Å². The fraction of sp³-hybridized carbons (Fsp3) is 0.933. The first-order valence-electron chi connectivity index (χ1n) is 7.40. The summed E-state index contributed by atoms with van der Waals surface area (Å²) in [7, 11) is 0. The number of rotatable bonds is 4. The van der Waals surface area contributed by atoms with Crippen molar-refractivity contribution in [2.45, 2.75) is 59.5 Å². The minimum Gasteiger partial charge on any atom is -0.449 e. The van der Waals surface area contributed by atoms with E-state index in [1.54, 1.807) is 0 Å². The molecule has 1 unspecified atom stereocenters. The summed E-state index contributed by atoms with van der Waals surface area (Å²) >= 11 is 0. The molecule has 1 N–H and O–H groups in total. The SMILES string of the molecule is CC(C)COC(=O)N1CC(CC(C)C)NCC1(C)C. The largest absolute Gasteiger partial charge is 0.449 e. The van der Waals surface area contributed by atoms with Gasteiger partial charge in [-0.2, -0.15) is 0 Å². The molecule has 1 heterocycles. The molecule has 112 valence electrons. The van der Waals surface area contributed by atoms with Gasteiger partial charge in [0.2, 0.25) is 0 Å². The van der Waals surface area contributed by atoms with Gasteiger partial charge in [-0.25, -0.2) is 4.79 Å². The number of nitrogens with one attached hydrogen (secondary N) is 1. The third-order valence-corrected chi connectivity index (χ3v) is 3.47. The van der Waals surface area contributed by atoms with Crippen LogP contribution in [0.4, 0.5) is 4.79 Å². The van der Waals surface area contributed by atoms with E-state index in [0.29, 0.717) is 24.5 Å². The molecule has 0 spiro atoms. The standard InChI is InChI=1S/C15H30N2O2/c1-11(2)7-13-8-17(15(5,6)10-16-13)14(18)19-9-12(3)4/h11-13,16H,7-10H2,1-6H3. The molecule has 1 atom stereocenters. The van der Waals surface area contributed by atoms with E-state index in [0.717, 1.165) is 19.5 Å². The van der Waals surface area contributed by atoms with Crippen molar-refractivity contribution >= 4 is 6.09 Å². The van der Waals surface area contributed by atoms with Crippen molar-refractivity contribution in [3.8, 4) is 0 Å². The van der Waals surface area contributed by atoms with Gasteiger partial charge in [0.15, 0.2) is 0 Å². The van der Waals surface area contributed by atoms with Crippen molar-refractivity contribution in [1.29, 1.82) is 0 Å². The maximum absolute atomic E-state index is 12.2. The van der Waals surface area contributed by atoms with Crippen LogP contribution in [0.25, 0.3) is 0 Å². The second-order valence-electron chi connectivity index (χ2n) is 7.10. The van der Waals surface area contributed by atoms with Crippen LogP contribution in [0, 0.1) is 11.8 Å². The number of piperazine rings is 1. The Morgan fingerprint density at radius 1 is 1.32 bits per heavy atom. The molecule has 0 radical (unpaired) electrons. The topological polar surface area (TPSA) is 41.6 Å². The lowest BCUT2D eigenvalue weighted by molar-refractivity contribution is 0.0305. The molecular formula is C15H30N2O2. The normalized spacial score (nSPS) is 22.9. The van der Waals surface area contributed by atoms with Crippen LogP contribution in [-0.2, 0) is 4.74 Å². The summed E-state index contributed by atoms with van der Waals surface area (Å²) in [5.74, 6) is 1.01. The quantitative estimate of drug-likeness (QED) is 0.854. The summed E-state index contributed by atoms with van der Waals surface area (Å²) in [6, 6.07) is 0.375. The molecule has 19 heavy (non-hydrogen) atoms. The molecule has 0 aromatic rings. The molecule has 0 aliphatic carbocycles. The fourth-order valence-electron chi connectivity index (χ4n) is 2.39. The minimum atomic E-state index is -0.179. The number of hydrogen-bond acceptors (Lipinski definition) is 3. The van der Waals surface area contributed by atoms with Crippen molar-refractivity contribution in [2.24, 2.45) is 11.8 Å². The van der Waals surface area contributed by atoms with Crippen molar-refractivity contribution in [1.82, 2.24) is 10.2 Å². The number of hydrogen-bond donors (Lipinski definition) is 1. The molecule has 4 heteroatoms. The Hall–Kier alpha value is -0.770. The zero-order chi connectivity index (χ0) is 14.6. The van der Waals surface area contributed by atoms with Gasteiger partial charge in [-0.05, 0) is 32.1 Å². The molecule has 1 saturated heterocycles. The summed E-state index contributed by atoms with van der Waals surface area (Å²) in [6.45, 7) is 14.8. The smallest absolute Gasteiger partial charge is 0.410 e. The van der Waals surface area contributed by atoms with E-state index in [4.69, 9.17) is 4.74 Å². The Morgan fingerprint density at radius 2 is 1.95 bits per heavy atom. The van der Waals surface area contributed by atoms with Gasteiger partial charge >= 0.3 is 6.09 Å². The van der Waals surface area contributed by atoms with Gasteiger partial charge in [0.05, 0.1) is 12.1 Å². The van der Waals surface area contributed by atoms with E-state index in [2.05, 4.69) is 46.9 Å². The highest BCUT2D eigenvalue weighted by Crippen LogP contribution is 2.22. The first-order valence-corrected chi connectivity index (χ1v) is 7.40. The van der Waals surface area contributed by atoms with Crippen molar-refractivity contribution < 1.29 is 9.53 Å². The highest BCUT2D eigenvalue weighted by atomic mass is 16.6. The van der Waals surface area contributed by atoms with Gasteiger partial charge in [-0.1, -0.05) is 27.7 Å². The molecule has 1 rings (SSSR count). The highest BCUT2D eigenvalue weighted by molar-refractivity contribution is 5.69.